The van der Waals surface area contributed by atoms with E-state index in [4.69, 9.17) is 4.74 Å². The summed E-state index contributed by atoms with van der Waals surface area (Å²) in [6, 6.07) is 18.1. The third-order valence-corrected chi connectivity index (χ3v) is 5.07. The van der Waals surface area contributed by atoms with Crippen molar-refractivity contribution in [1.29, 1.82) is 0 Å². The summed E-state index contributed by atoms with van der Waals surface area (Å²) >= 11 is 1.34. The molecule has 0 radical (unpaired) electrons. The Hall–Kier alpha value is -3.25. The van der Waals surface area contributed by atoms with E-state index in [1.54, 1.807) is 6.92 Å². The molecule has 0 amide bonds. The van der Waals surface area contributed by atoms with Crippen LogP contribution in [0.15, 0.2) is 64.8 Å². The molecule has 1 N–H and O–H groups in total. The summed E-state index contributed by atoms with van der Waals surface area (Å²) < 4.78 is 4.92. The fourth-order valence-electron chi connectivity index (χ4n) is 2.95. The molecule has 0 saturated heterocycles. The molecule has 0 spiro atoms. The minimum absolute atomic E-state index is 0.0687. The van der Waals surface area contributed by atoms with Crippen molar-refractivity contribution in [3.63, 3.8) is 0 Å². The Balaban J connectivity index is 1.81. The van der Waals surface area contributed by atoms with Crippen LogP contribution in [0.25, 0.3) is 32.5 Å². The molecule has 0 unspecified atom stereocenters. The zero-order chi connectivity index (χ0) is 18.8. The van der Waals surface area contributed by atoms with Gasteiger partial charge in [0.05, 0.1) is 12.0 Å². The van der Waals surface area contributed by atoms with Crippen molar-refractivity contribution in [3.05, 3.63) is 76.2 Å². The maximum absolute atomic E-state index is 12.6. The second kappa shape index (κ2) is 7.17. The quantitative estimate of drug-likeness (QED) is 0.533. The fraction of sp³-hybridized carbons (Fsp3) is 0.0952. The first-order chi connectivity index (χ1) is 13.2. The van der Waals surface area contributed by atoms with Gasteiger partial charge < -0.3 is 9.72 Å². The van der Waals surface area contributed by atoms with Crippen molar-refractivity contribution < 1.29 is 9.53 Å². The molecule has 0 atom stereocenters. The van der Waals surface area contributed by atoms with Gasteiger partial charge in [-0.15, -0.1) is 11.3 Å². The summed E-state index contributed by atoms with van der Waals surface area (Å²) in [5.74, 6) is -0.696. The van der Waals surface area contributed by atoms with Crippen molar-refractivity contribution in [2.45, 2.75) is 6.92 Å². The van der Waals surface area contributed by atoms with E-state index in [9.17, 15) is 9.59 Å². The Morgan fingerprint density at radius 3 is 2.59 bits per heavy atom. The largest absolute Gasteiger partial charge is 0.460 e. The maximum Gasteiger partial charge on any atom is 0.374 e. The fourth-order valence-corrected chi connectivity index (χ4v) is 3.90. The Morgan fingerprint density at radius 1 is 1.07 bits per heavy atom. The number of hydrogen-bond acceptors (Lipinski definition) is 5. The van der Waals surface area contributed by atoms with Gasteiger partial charge >= 0.3 is 5.97 Å². The predicted octanol–water partition coefficient (Wildman–Crippen LogP) is 4.50. The number of esters is 1. The van der Waals surface area contributed by atoms with Crippen molar-refractivity contribution in [3.8, 4) is 22.3 Å². The van der Waals surface area contributed by atoms with Gasteiger partial charge in [0, 0.05) is 10.9 Å². The van der Waals surface area contributed by atoms with E-state index in [-0.39, 0.29) is 18.0 Å². The molecule has 4 rings (SSSR count). The van der Waals surface area contributed by atoms with Crippen LogP contribution in [0.1, 0.15) is 17.5 Å². The van der Waals surface area contributed by atoms with Gasteiger partial charge in [0.2, 0.25) is 5.82 Å². The molecule has 0 fully saturated rings. The molecule has 2 heterocycles. The number of carbonyl (C=O) groups excluding carboxylic acids is 1. The number of rotatable bonds is 4. The van der Waals surface area contributed by atoms with Gasteiger partial charge in [-0.3, -0.25) is 4.79 Å². The van der Waals surface area contributed by atoms with Crippen LogP contribution in [0.4, 0.5) is 0 Å². The number of aromatic nitrogens is 2. The van der Waals surface area contributed by atoms with Gasteiger partial charge in [0.15, 0.2) is 0 Å². The highest BCUT2D eigenvalue weighted by Gasteiger charge is 2.17. The van der Waals surface area contributed by atoms with Crippen LogP contribution in [0.5, 0.6) is 0 Å². The third-order valence-electron chi connectivity index (χ3n) is 4.19. The monoisotopic (exact) mass is 376 g/mol. The van der Waals surface area contributed by atoms with Crippen molar-refractivity contribution >= 4 is 27.5 Å². The number of fused-ring (bicyclic) bond motifs is 1. The van der Waals surface area contributed by atoms with Crippen LogP contribution >= 0.6 is 11.3 Å². The average Bonchev–Trinajstić information content (AvgIpc) is 3.14. The zero-order valence-electron chi connectivity index (χ0n) is 14.6. The maximum atomic E-state index is 12.6. The first-order valence-electron chi connectivity index (χ1n) is 8.52. The van der Waals surface area contributed by atoms with E-state index in [0.717, 1.165) is 22.3 Å². The van der Waals surface area contributed by atoms with E-state index < -0.39 is 5.97 Å². The molecule has 134 valence electrons. The van der Waals surface area contributed by atoms with E-state index in [2.05, 4.69) is 16.0 Å². The minimum Gasteiger partial charge on any atom is -0.460 e. The number of nitrogens with zero attached hydrogens (tertiary/aromatic N) is 1. The molecule has 6 heteroatoms. The second-order valence-electron chi connectivity index (χ2n) is 5.91. The van der Waals surface area contributed by atoms with Gasteiger partial charge in [-0.05, 0) is 29.7 Å². The van der Waals surface area contributed by atoms with Crippen LogP contribution in [-0.2, 0) is 4.74 Å². The Bertz CT molecular complexity index is 1180. The van der Waals surface area contributed by atoms with Crippen molar-refractivity contribution in [2.75, 3.05) is 6.61 Å². The first kappa shape index (κ1) is 17.2. The smallest absolute Gasteiger partial charge is 0.374 e. The van der Waals surface area contributed by atoms with Crippen LogP contribution in [0, 0.1) is 0 Å². The van der Waals surface area contributed by atoms with Gasteiger partial charge in [0.25, 0.3) is 5.56 Å². The van der Waals surface area contributed by atoms with E-state index in [1.165, 1.54) is 11.3 Å². The van der Waals surface area contributed by atoms with Crippen LogP contribution < -0.4 is 5.56 Å². The summed E-state index contributed by atoms with van der Waals surface area (Å²) in [4.78, 5) is 31.8. The Labute approximate surface area is 159 Å². The highest BCUT2D eigenvalue weighted by molar-refractivity contribution is 7.17. The number of benzene rings is 2. The van der Waals surface area contributed by atoms with Gasteiger partial charge in [-0.25, -0.2) is 9.78 Å². The van der Waals surface area contributed by atoms with Crippen molar-refractivity contribution in [1.82, 2.24) is 9.97 Å². The SMILES string of the molecule is CCOC(=O)c1nc2scc(-c3cccc(-c4ccccc4)c3)c2c(=O)[nH]1. The molecule has 5 nitrogen and oxygen atoms in total. The lowest BCUT2D eigenvalue weighted by Crippen LogP contribution is -2.17. The van der Waals surface area contributed by atoms with Crippen LogP contribution in [-0.4, -0.2) is 22.5 Å². The lowest BCUT2D eigenvalue weighted by atomic mass is 9.99. The highest BCUT2D eigenvalue weighted by atomic mass is 32.1. The summed E-state index contributed by atoms with van der Waals surface area (Å²) in [6.45, 7) is 1.93. The molecule has 0 aliphatic carbocycles. The number of aromatic amines is 1. The Morgan fingerprint density at radius 2 is 1.81 bits per heavy atom. The van der Waals surface area contributed by atoms with Crippen molar-refractivity contribution in [2.24, 2.45) is 0 Å². The van der Waals surface area contributed by atoms with E-state index in [0.29, 0.717) is 10.2 Å². The zero-order valence-corrected chi connectivity index (χ0v) is 15.4. The number of carbonyl (C=O) groups is 1. The normalized spacial score (nSPS) is 10.9. The second-order valence-corrected chi connectivity index (χ2v) is 6.77. The van der Waals surface area contributed by atoms with Crippen LogP contribution in [0.2, 0.25) is 0 Å². The molecule has 0 saturated carbocycles. The lowest BCUT2D eigenvalue weighted by Gasteiger charge is -2.05. The lowest BCUT2D eigenvalue weighted by molar-refractivity contribution is 0.0512. The molecular formula is C21H16N2O3S. The number of thiophene rings is 1. The van der Waals surface area contributed by atoms with Gasteiger partial charge in [-0.1, -0.05) is 48.5 Å². The molecule has 4 aromatic rings. The van der Waals surface area contributed by atoms with E-state index >= 15 is 0 Å². The average molecular weight is 376 g/mol. The summed E-state index contributed by atoms with van der Waals surface area (Å²) in [5.41, 5.74) is 3.57. The molecular weight excluding hydrogens is 360 g/mol. The van der Waals surface area contributed by atoms with Gasteiger partial charge in [-0.2, -0.15) is 0 Å². The molecule has 0 bridgehead atoms. The van der Waals surface area contributed by atoms with E-state index in [1.807, 2.05) is 53.9 Å². The summed E-state index contributed by atoms with van der Waals surface area (Å²) in [5, 5.41) is 2.38. The Kier molecular flexibility index (Phi) is 4.56. The summed E-state index contributed by atoms with van der Waals surface area (Å²) in [7, 11) is 0. The minimum atomic E-state index is -0.627. The molecule has 0 aliphatic heterocycles. The first-order valence-corrected chi connectivity index (χ1v) is 9.40. The number of ether oxygens (including phenoxy) is 1. The number of H-pyrrole nitrogens is 1. The molecule has 0 aliphatic rings. The topological polar surface area (TPSA) is 72.0 Å². The molecule has 2 aromatic carbocycles. The summed E-state index contributed by atoms with van der Waals surface area (Å²) in [6.07, 6.45) is 0. The number of nitrogens with one attached hydrogen (secondary N) is 1. The third kappa shape index (κ3) is 3.27. The molecule has 2 aromatic heterocycles. The molecule has 27 heavy (non-hydrogen) atoms. The van der Waals surface area contributed by atoms with Crippen LogP contribution in [0.3, 0.4) is 0 Å². The predicted molar refractivity (Wildman–Crippen MR) is 107 cm³/mol. The van der Waals surface area contributed by atoms with Gasteiger partial charge in [0.1, 0.15) is 4.83 Å². The highest BCUT2D eigenvalue weighted by Crippen LogP contribution is 2.33. The standard InChI is InChI=1S/C21H16N2O3S/c1-2-26-21(25)18-22-19(24)17-16(12-27-20(17)23-18)15-10-6-9-14(11-15)13-7-4-3-5-8-13/h3-12H,2H2,1H3,(H,22,23,24). The number of hydrogen-bond donors (Lipinski definition) is 1.